The number of nitrogen functional groups attached to an aromatic ring is 2. The van der Waals surface area contributed by atoms with Crippen LogP contribution in [0.4, 0.5) is 11.4 Å². The van der Waals surface area contributed by atoms with E-state index in [4.69, 9.17) is 20.6 Å². The Morgan fingerprint density at radius 2 is 1.63 bits per heavy atom. The standard InChI is InChI=1S/C23H20N2O4Si/c1-15-2-7-17(8-3-15)23(27)28-19-10-4-16(5-11-19)6-13-22(26)29-30-21-12-9-18(24)14-20(21)25/h2-14H,24-25H2,1H3/b13-6+. The molecule has 0 unspecified atom stereocenters. The predicted molar refractivity (Wildman–Crippen MR) is 118 cm³/mol. The zero-order valence-corrected chi connectivity index (χ0v) is 17.3. The van der Waals surface area contributed by atoms with Crippen LogP contribution in [0.15, 0.2) is 72.8 Å². The van der Waals surface area contributed by atoms with Gasteiger partial charge in [-0.3, -0.25) is 0 Å². The molecule has 0 saturated heterocycles. The van der Waals surface area contributed by atoms with Crippen molar-refractivity contribution in [3.8, 4) is 5.75 Å². The maximum Gasteiger partial charge on any atom is 0.357 e. The van der Waals surface area contributed by atoms with Gasteiger partial charge in [-0.15, -0.1) is 0 Å². The fourth-order valence-electron chi connectivity index (χ4n) is 2.48. The number of nitrogens with two attached hydrogens (primary N) is 2. The summed E-state index contributed by atoms with van der Waals surface area (Å²) in [6.07, 6.45) is 2.94. The predicted octanol–water partition coefficient (Wildman–Crippen LogP) is 2.88. The van der Waals surface area contributed by atoms with Crippen LogP contribution in [0.5, 0.6) is 5.75 Å². The molecular weight excluding hydrogens is 396 g/mol. The lowest BCUT2D eigenvalue weighted by Crippen LogP contribution is -2.23. The molecule has 6 nitrogen and oxygen atoms in total. The van der Waals surface area contributed by atoms with Crippen molar-refractivity contribution in [1.82, 2.24) is 0 Å². The SMILES string of the molecule is Cc1ccc(C(=O)Oc2ccc(/C=C/C(=O)O[Si]c3ccc(N)cc3N)cc2)cc1. The van der Waals surface area contributed by atoms with Crippen LogP contribution in [-0.4, -0.2) is 21.7 Å². The van der Waals surface area contributed by atoms with Crippen LogP contribution in [0, 0.1) is 6.92 Å². The number of hydrogen-bond donors (Lipinski definition) is 2. The van der Waals surface area contributed by atoms with Gasteiger partial charge in [0.1, 0.15) is 5.75 Å². The highest BCUT2D eigenvalue weighted by molar-refractivity contribution is 6.51. The molecule has 0 fully saturated rings. The highest BCUT2D eigenvalue weighted by Crippen LogP contribution is 2.15. The second-order valence-corrected chi connectivity index (χ2v) is 7.47. The molecule has 0 aliphatic carbocycles. The minimum atomic E-state index is -0.487. The lowest BCUT2D eigenvalue weighted by Gasteiger charge is -2.05. The molecule has 0 spiro atoms. The van der Waals surface area contributed by atoms with E-state index in [-0.39, 0.29) is 9.76 Å². The monoisotopic (exact) mass is 416 g/mol. The Hall–Kier alpha value is -3.84. The molecule has 3 aromatic rings. The third-order valence-corrected chi connectivity index (χ3v) is 5.11. The molecule has 0 heterocycles. The average molecular weight is 417 g/mol. The first-order valence-corrected chi connectivity index (χ1v) is 10.0. The number of benzene rings is 3. The van der Waals surface area contributed by atoms with Crippen LogP contribution in [0.3, 0.4) is 0 Å². The van der Waals surface area contributed by atoms with Gasteiger partial charge >= 0.3 is 21.7 Å². The number of rotatable bonds is 6. The molecule has 3 rings (SSSR count). The van der Waals surface area contributed by atoms with Gasteiger partial charge in [-0.05, 0) is 55.0 Å². The normalized spacial score (nSPS) is 10.7. The number of carbonyl (C=O) groups is 2. The van der Waals surface area contributed by atoms with Crippen LogP contribution in [-0.2, 0) is 9.22 Å². The first kappa shape index (κ1) is 20.9. The Morgan fingerprint density at radius 1 is 0.933 bits per heavy atom. The maximum atomic E-state index is 12.1. The quantitative estimate of drug-likeness (QED) is 0.210. The fourth-order valence-corrected chi connectivity index (χ4v) is 3.10. The van der Waals surface area contributed by atoms with E-state index in [1.807, 2.05) is 19.1 Å². The molecule has 7 heteroatoms. The summed E-state index contributed by atoms with van der Waals surface area (Å²) < 4.78 is 10.6. The first-order valence-electron chi connectivity index (χ1n) is 9.09. The van der Waals surface area contributed by atoms with Crippen molar-refractivity contribution in [1.29, 1.82) is 0 Å². The molecular formula is C23H20N2O4Si. The van der Waals surface area contributed by atoms with Crippen molar-refractivity contribution >= 4 is 44.3 Å². The van der Waals surface area contributed by atoms with Gasteiger partial charge in [0, 0.05) is 22.6 Å². The Kier molecular flexibility index (Phi) is 6.66. The highest BCUT2D eigenvalue weighted by Gasteiger charge is 2.08. The van der Waals surface area contributed by atoms with Gasteiger partial charge in [0.2, 0.25) is 0 Å². The molecule has 4 N–H and O–H groups in total. The van der Waals surface area contributed by atoms with Crippen molar-refractivity contribution < 1.29 is 18.8 Å². The van der Waals surface area contributed by atoms with E-state index in [1.165, 1.54) is 6.08 Å². The van der Waals surface area contributed by atoms with Gasteiger partial charge < -0.3 is 20.6 Å². The molecule has 0 atom stereocenters. The van der Waals surface area contributed by atoms with Crippen LogP contribution < -0.4 is 21.4 Å². The van der Waals surface area contributed by atoms with Crippen molar-refractivity contribution in [2.75, 3.05) is 11.5 Å². The fraction of sp³-hybridized carbons (Fsp3) is 0.0435. The molecule has 0 bridgehead atoms. The second-order valence-electron chi connectivity index (χ2n) is 6.53. The number of aryl methyl sites for hydroxylation is 1. The Balaban J connectivity index is 1.53. The van der Waals surface area contributed by atoms with Crippen molar-refractivity contribution in [3.63, 3.8) is 0 Å². The summed E-state index contributed by atoms with van der Waals surface area (Å²) in [6.45, 7) is 1.95. The van der Waals surface area contributed by atoms with Crippen LogP contribution in [0.25, 0.3) is 6.08 Å². The zero-order valence-electron chi connectivity index (χ0n) is 16.3. The summed E-state index contributed by atoms with van der Waals surface area (Å²) in [5.74, 6) is -0.496. The Morgan fingerprint density at radius 3 is 2.30 bits per heavy atom. The third kappa shape index (κ3) is 5.83. The van der Waals surface area contributed by atoms with Crippen LogP contribution in [0.1, 0.15) is 21.5 Å². The van der Waals surface area contributed by atoms with Gasteiger partial charge in [-0.25, -0.2) is 9.59 Å². The van der Waals surface area contributed by atoms with E-state index in [0.717, 1.165) is 11.1 Å². The maximum absolute atomic E-state index is 12.1. The van der Waals surface area contributed by atoms with E-state index >= 15 is 0 Å². The smallest absolute Gasteiger partial charge is 0.357 e. The van der Waals surface area contributed by atoms with E-state index in [1.54, 1.807) is 60.7 Å². The van der Waals surface area contributed by atoms with Crippen molar-refractivity contribution in [3.05, 3.63) is 89.5 Å². The highest BCUT2D eigenvalue weighted by atomic mass is 28.2. The molecule has 0 amide bonds. The second kappa shape index (κ2) is 9.57. The summed E-state index contributed by atoms with van der Waals surface area (Å²) in [4.78, 5) is 24.1. The number of ether oxygens (including phenoxy) is 1. The molecule has 2 radical (unpaired) electrons. The summed E-state index contributed by atoms with van der Waals surface area (Å²) in [7, 11) is -0.211. The molecule has 30 heavy (non-hydrogen) atoms. The Labute approximate surface area is 177 Å². The summed E-state index contributed by atoms with van der Waals surface area (Å²) in [5.41, 5.74) is 14.8. The molecule has 0 aliphatic rings. The molecule has 150 valence electrons. The van der Waals surface area contributed by atoms with E-state index < -0.39 is 11.9 Å². The molecule has 0 aromatic heterocycles. The number of hydrogen-bond acceptors (Lipinski definition) is 6. The third-order valence-electron chi connectivity index (χ3n) is 4.13. The topological polar surface area (TPSA) is 105 Å². The lowest BCUT2D eigenvalue weighted by atomic mass is 10.1. The van der Waals surface area contributed by atoms with Gasteiger partial charge in [0.15, 0.2) is 0 Å². The van der Waals surface area contributed by atoms with Crippen LogP contribution >= 0.6 is 0 Å². The van der Waals surface area contributed by atoms with Gasteiger partial charge in [-0.2, -0.15) is 0 Å². The number of anilines is 2. The van der Waals surface area contributed by atoms with Crippen molar-refractivity contribution in [2.45, 2.75) is 6.92 Å². The van der Waals surface area contributed by atoms with Gasteiger partial charge in [0.25, 0.3) is 0 Å². The average Bonchev–Trinajstić information content (AvgIpc) is 2.73. The van der Waals surface area contributed by atoms with E-state index in [9.17, 15) is 9.59 Å². The Bertz CT molecular complexity index is 1080. The summed E-state index contributed by atoms with van der Waals surface area (Å²) in [6, 6.07) is 19.0. The van der Waals surface area contributed by atoms with Crippen LogP contribution in [0.2, 0.25) is 0 Å². The molecule has 0 saturated carbocycles. The van der Waals surface area contributed by atoms with E-state index in [2.05, 4.69) is 0 Å². The lowest BCUT2D eigenvalue weighted by molar-refractivity contribution is -0.128. The zero-order chi connectivity index (χ0) is 21.5. The summed E-state index contributed by atoms with van der Waals surface area (Å²) in [5, 5.41) is 0.714. The summed E-state index contributed by atoms with van der Waals surface area (Å²) >= 11 is 0. The van der Waals surface area contributed by atoms with E-state index in [0.29, 0.717) is 27.9 Å². The minimum Gasteiger partial charge on any atom is -0.508 e. The van der Waals surface area contributed by atoms with Crippen molar-refractivity contribution in [2.24, 2.45) is 0 Å². The minimum absolute atomic E-state index is 0.211. The van der Waals surface area contributed by atoms with Gasteiger partial charge in [-0.1, -0.05) is 35.9 Å². The first-order chi connectivity index (χ1) is 14.4. The number of carbonyl (C=O) groups excluding carboxylic acids is 2. The number of esters is 1. The molecule has 3 aromatic carbocycles. The van der Waals surface area contributed by atoms with Gasteiger partial charge in [0.05, 0.1) is 5.56 Å². The largest absolute Gasteiger partial charge is 0.508 e. The molecule has 0 aliphatic heterocycles.